The minimum Gasteiger partial charge on any atom is -0.442 e. The monoisotopic (exact) mass is 339 g/mol. The van der Waals surface area contributed by atoms with E-state index in [1.54, 1.807) is 14.0 Å². The van der Waals surface area contributed by atoms with E-state index >= 15 is 0 Å². The molecule has 3 rings (SSSR count). The number of aryl methyl sites for hydroxylation is 3. The maximum Gasteiger partial charge on any atom is 0.265 e. The lowest BCUT2D eigenvalue weighted by Gasteiger charge is -2.13. The number of fused-ring (bicyclic) bond motifs is 1. The van der Waals surface area contributed by atoms with Crippen LogP contribution in [0.4, 0.5) is 0 Å². The average molecular weight is 339 g/mol. The number of hydrogen-bond acceptors (Lipinski definition) is 4. The Kier molecular flexibility index (Phi) is 4.70. The van der Waals surface area contributed by atoms with E-state index in [1.165, 1.54) is 16.5 Å². The van der Waals surface area contributed by atoms with Crippen molar-refractivity contribution in [2.24, 2.45) is 7.05 Å². The standard InChI is InChI=1S/C19H21N3O3/c1-12(9-10-14-7-5-4-6-8-14)21-17(23)15-13(2)25-18-16(15)19(24)22(3)11-20-18/h4-8,11-12H,9-10H2,1-3H3,(H,21,23)/t12-/m1/s1. The van der Waals surface area contributed by atoms with Crippen LogP contribution < -0.4 is 10.9 Å². The molecule has 6 heteroatoms. The summed E-state index contributed by atoms with van der Waals surface area (Å²) in [7, 11) is 1.60. The highest BCUT2D eigenvalue weighted by atomic mass is 16.3. The van der Waals surface area contributed by atoms with Crippen molar-refractivity contribution < 1.29 is 9.21 Å². The second-order valence-electron chi connectivity index (χ2n) is 6.27. The van der Waals surface area contributed by atoms with Crippen LogP contribution in [-0.2, 0) is 13.5 Å². The molecule has 0 bridgehead atoms. The molecule has 0 saturated heterocycles. The normalized spacial score (nSPS) is 12.3. The number of carbonyl (C=O) groups excluding carboxylic acids is 1. The number of furan rings is 1. The zero-order valence-electron chi connectivity index (χ0n) is 14.6. The van der Waals surface area contributed by atoms with Crippen molar-refractivity contribution in [2.75, 3.05) is 0 Å². The Balaban J connectivity index is 1.77. The summed E-state index contributed by atoms with van der Waals surface area (Å²) >= 11 is 0. The van der Waals surface area contributed by atoms with E-state index in [4.69, 9.17) is 4.42 Å². The fourth-order valence-electron chi connectivity index (χ4n) is 2.86. The fraction of sp³-hybridized carbons (Fsp3) is 0.316. The van der Waals surface area contributed by atoms with Crippen molar-refractivity contribution in [1.82, 2.24) is 14.9 Å². The molecule has 2 heterocycles. The summed E-state index contributed by atoms with van der Waals surface area (Å²) in [6.07, 6.45) is 3.06. The smallest absolute Gasteiger partial charge is 0.265 e. The van der Waals surface area contributed by atoms with Crippen LogP contribution in [0.25, 0.3) is 11.1 Å². The van der Waals surface area contributed by atoms with Crippen molar-refractivity contribution in [3.05, 3.63) is 63.9 Å². The van der Waals surface area contributed by atoms with Crippen LogP contribution >= 0.6 is 0 Å². The van der Waals surface area contributed by atoms with Crippen molar-refractivity contribution >= 4 is 17.0 Å². The van der Waals surface area contributed by atoms with Gasteiger partial charge in [0.2, 0.25) is 5.71 Å². The molecule has 1 amide bonds. The predicted octanol–water partition coefficient (Wildman–Crippen LogP) is 2.59. The molecule has 1 aromatic carbocycles. The Labute approximate surface area is 145 Å². The Morgan fingerprint density at radius 3 is 2.76 bits per heavy atom. The molecule has 0 saturated carbocycles. The molecule has 6 nitrogen and oxygen atoms in total. The fourth-order valence-corrected chi connectivity index (χ4v) is 2.86. The van der Waals surface area contributed by atoms with Gasteiger partial charge in [-0.3, -0.25) is 9.59 Å². The predicted molar refractivity (Wildman–Crippen MR) is 95.7 cm³/mol. The van der Waals surface area contributed by atoms with Gasteiger partial charge in [-0.25, -0.2) is 4.98 Å². The Bertz CT molecular complexity index is 957. The van der Waals surface area contributed by atoms with Gasteiger partial charge in [0.25, 0.3) is 11.5 Å². The van der Waals surface area contributed by atoms with Crippen LogP contribution in [-0.4, -0.2) is 21.5 Å². The van der Waals surface area contributed by atoms with Crippen LogP contribution in [0.5, 0.6) is 0 Å². The summed E-state index contributed by atoms with van der Waals surface area (Å²) in [4.78, 5) is 29.1. The van der Waals surface area contributed by atoms with Crippen LogP contribution in [0.15, 0.2) is 45.9 Å². The Morgan fingerprint density at radius 1 is 1.32 bits per heavy atom. The summed E-state index contributed by atoms with van der Waals surface area (Å²) < 4.78 is 6.82. The van der Waals surface area contributed by atoms with Crippen LogP contribution in [0.2, 0.25) is 0 Å². The topological polar surface area (TPSA) is 77.1 Å². The molecule has 130 valence electrons. The highest BCUT2D eigenvalue weighted by Gasteiger charge is 2.23. The van der Waals surface area contributed by atoms with Gasteiger partial charge in [-0.15, -0.1) is 0 Å². The van der Waals surface area contributed by atoms with Crippen molar-refractivity contribution in [3.63, 3.8) is 0 Å². The van der Waals surface area contributed by atoms with Crippen LogP contribution in [0.3, 0.4) is 0 Å². The number of nitrogens with one attached hydrogen (secondary N) is 1. The highest BCUT2D eigenvalue weighted by molar-refractivity contribution is 6.06. The van der Waals surface area contributed by atoms with Gasteiger partial charge in [-0.2, -0.15) is 0 Å². The lowest BCUT2D eigenvalue weighted by molar-refractivity contribution is 0.0938. The molecule has 0 radical (unpaired) electrons. The molecule has 25 heavy (non-hydrogen) atoms. The van der Waals surface area contributed by atoms with Gasteiger partial charge in [0.05, 0.1) is 5.56 Å². The van der Waals surface area contributed by atoms with Gasteiger partial charge < -0.3 is 14.3 Å². The molecule has 0 fully saturated rings. The van der Waals surface area contributed by atoms with E-state index in [0.29, 0.717) is 5.76 Å². The minimum absolute atomic E-state index is 0.0300. The molecule has 0 aliphatic carbocycles. The van der Waals surface area contributed by atoms with Gasteiger partial charge in [-0.05, 0) is 32.3 Å². The Hall–Kier alpha value is -2.89. The lowest BCUT2D eigenvalue weighted by atomic mass is 10.1. The summed E-state index contributed by atoms with van der Waals surface area (Å²) in [6.45, 7) is 3.62. The second-order valence-corrected chi connectivity index (χ2v) is 6.27. The molecule has 0 aliphatic heterocycles. The molecule has 0 unspecified atom stereocenters. The summed E-state index contributed by atoms with van der Waals surface area (Å²) in [5, 5.41) is 3.19. The van der Waals surface area contributed by atoms with Gasteiger partial charge in [-0.1, -0.05) is 30.3 Å². The van der Waals surface area contributed by atoms with Gasteiger partial charge in [0.15, 0.2) is 0 Å². The first-order valence-electron chi connectivity index (χ1n) is 8.27. The van der Waals surface area contributed by atoms with Gasteiger partial charge in [0, 0.05) is 13.1 Å². The number of rotatable bonds is 5. The van der Waals surface area contributed by atoms with E-state index in [2.05, 4.69) is 22.4 Å². The molecular weight excluding hydrogens is 318 g/mol. The third kappa shape index (κ3) is 3.47. The first-order valence-corrected chi connectivity index (χ1v) is 8.27. The average Bonchev–Trinajstić information content (AvgIpc) is 2.94. The summed E-state index contributed by atoms with van der Waals surface area (Å²) in [6, 6.07) is 10.1. The van der Waals surface area contributed by atoms with E-state index in [-0.39, 0.29) is 34.2 Å². The SMILES string of the molecule is Cc1oc2ncn(C)c(=O)c2c1C(=O)N[C@H](C)CCc1ccccc1. The number of benzene rings is 1. The largest absolute Gasteiger partial charge is 0.442 e. The molecule has 1 atom stereocenters. The van der Waals surface area contributed by atoms with Crippen molar-refractivity contribution in [3.8, 4) is 0 Å². The third-order valence-corrected chi connectivity index (χ3v) is 4.26. The summed E-state index contributed by atoms with van der Waals surface area (Å²) in [5.41, 5.74) is 1.41. The zero-order valence-corrected chi connectivity index (χ0v) is 14.6. The highest BCUT2D eigenvalue weighted by Crippen LogP contribution is 2.20. The number of hydrogen-bond donors (Lipinski definition) is 1. The van der Waals surface area contributed by atoms with Crippen LogP contribution in [0, 0.1) is 6.92 Å². The molecular formula is C19H21N3O3. The molecule has 2 aromatic heterocycles. The third-order valence-electron chi connectivity index (χ3n) is 4.26. The maximum absolute atomic E-state index is 12.7. The number of nitrogens with zero attached hydrogens (tertiary/aromatic N) is 2. The first-order chi connectivity index (χ1) is 12.0. The quantitative estimate of drug-likeness (QED) is 0.775. The minimum atomic E-state index is -0.304. The van der Waals surface area contributed by atoms with E-state index in [1.807, 2.05) is 25.1 Å². The van der Waals surface area contributed by atoms with E-state index in [0.717, 1.165) is 12.8 Å². The van der Waals surface area contributed by atoms with Gasteiger partial charge >= 0.3 is 0 Å². The molecule has 3 aromatic rings. The van der Waals surface area contributed by atoms with Gasteiger partial charge in [0.1, 0.15) is 17.5 Å². The lowest BCUT2D eigenvalue weighted by Crippen LogP contribution is -2.34. The number of carbonyl (C=O) groups is 1. The van der Waals surface area contributed by atoms with E-state index < -0.39 is 0 Å². The van der Waals surface area contributed by atoms with Crippen LogP contribution in [0.1, 0.15) is 35.0 Å². The number of amides is 1. The Morgan fingerprint density at radius 2 is 2.04 bits per heavy atom. The number of aromatic nitrogens is 2. The van der Waals surface area contributed by atoms with Crippen molar-refractivity contribution in [1.29, 1.82) is 0 Å². The zero-order chi connectivity index (χ0) is 18.0. The summed E-state index contributed by atoms with van der Waals surface area (Å²) in [5.74, 6) is 0.0977. The molecule has 0 aliphatic rings. The molecule has 1 N–H and O–H groups in total. The maximum atomic E-state index is 12.7. The molecule has 0 spiro atoms. The van der Waals surface area contributed by atoms with Crippen molar-refractivity contribution in [2.45, 2.75) is 32.7 Å². The van der Waals surface area contributed by atoms with E-state index in [9.17, 15) is 9.59 Å². The first kappa shape index (κ1) is 17.0. The second kappa shape index (κ2) is 6.93.